The third-order valence-electron chi connectivity index (χ3n) is 1.88. The van der Waals surface area contributed by atoms with Gasteiger partial charge in [0, 0.05) is 30.8 Å². The number of carbonyl (C=O) groups is 1. The number of amides is 1. The van der Waals surface area contributed by atoms with Crippen molar-refractivity contribution in [3.63, 3.8) is 0 Å². The Morgan fingerprint density at radius 2 is 2.00 bits per heavy atom. The summed E-state index contributed by atoms with van der Waals surface area (Å²) in [6.07, 6.45) is 0.569. The maximum absolute atomic E-state index is 11.4. The van der Waals surface area contributed by atoms with Crippen molar-refractivity contribution in [2.24, 2.45) is 0 Å². The van der Waals surface area contributed by atoms with Gasteiger partial charge in [-0.15, -0.1) is 0 Å². The van der Waals surface area contributed by atoms with Crippen LogP contribution in [0.4, 0.5) is 0 Å². The molecule has 1 atom stereocenters. The van der Waals surface area contributed by atoms with Crippen LogP contribution in [0.15, 0.2) is 0 Å². The molecule has 0 fully saturated rings. The Morgan fingerprint density at radius 3 is 2.53 bits per heavy atom. The molecule has 0 aliphatic carbocycles. The van der Waals surface area contributed by atoms with Gasteiger partial charge in [-0.05, 0) is 12.7 Å². The Labute approximate surface area is 97.8 Å². The maximum atomic E-state index is 11.4. The molecule has 0 heterocycles. The smallest absolute Gasteiger partial charge is 0.221 e. The highest BCUT2D eigenvalue weighted by atomic mass is 32.2. The molecule has 2 N–H and O–H groups in total. The molecule has 0 aromatic rings. The Hall–Kier alpha value is -0.220. The Balaban J connectivity index is 3.46. The zero-order valence-electron chi connectivity index (χ0n) is 10.3. The van der Waals surface area contributed by atoms with Crippen molar-refractivity contribution >= 4 is 17.7 Å². The summed E-state index contributed by atoms with van der Waals surface area (Å²) in [5.41, 5.74) is 0. The van der Waals surface area contributed by atoms with Gasteiger partial charge in [0.05, 0.1) is 0 Å². The van der Waals surface area contributed by atoms with Gasteiger partial charge in [0.15, 0.2) is 0 Å². The van der Waals surface area contributed by atoms with Crippen LogP contribution in [0.5, 0.6) is 0 Å². The second-order valence-electron chi connectivity index (χ2n) is 3.99. The fourth-order valence-electron chi connectivity index (χ4n) is 1.16. The molecule has 0 radical (unpaired) electrons. The van der Waals surface area contributed by atoms with Crippen LogP contribution in [0, 0.1) is 0 Å². The quantitative estimate of drug-likeness (QED) is 0.668. The highest BCUT2D eigenvalue weighted by molar-refractivity contribution is 7.99. The first-order valence-corrected chi connectivity index (χ1v) is 6.82. The van der Waals surface area contributed by atoms with E-state index < -0.39 is 0 Å². The first-order valence-electron chi connectivity index (χ1n) is 5.66. The normalized spacial score (nSPS) is 12.9. The molecule has 0 aliphatic heterocycles. The third-order valence-corrected chi connectivity index (χ3v) is 3.03. The lowest BCUT2D eigenvalue weighted by atomic mass is 10.3. The molecule has 0 rings (SSSR count). The standard InChI is InChI=1S/C11H24N2OS/c1-5-15-8-10(4)13-11(14)6-7-12-9(2)3/h9-10,12H,5-8H2,1-4H3,(H,13,14). The van der Waals surface area contributed by atoms with Gasteiger partial charge in [-0.25, -0.2) is 0 Å². The van der Waals surface area contributed by atoms with Crippen LogP contribution in [-0.4, -0.2) is 36.0 Å². The van der Waals surface area contributed by atoms with E-state index in [4.69, 9.17) is 0 Å². The monoisotopic (exact) mass is 232 g/mol. The van der Waals surface area contributed by atoms with Crippen LogP contribution in [0.2, 0.25) is 0 Å². The van der Waals surface area contributed by atoms with Crippen LogP contribution < -0.4 is 10.6 Å². The number of hydrogen-bond acceptors (Lipinski definition) is 3. The van der Waals surface area contributed by atoms with Gasteiger partial charge in [-0.3, -0.25) is 4.79 Å². The summed E-state index contributed by atoms with van der Waals surface area (Å²) in [5.74, 6) is 2.25. The van der Waals surface area contributed by atoms with Crippen LogP contribution in [0.3, 0.4) is 0 Å². The highest BCUT2D eigenvalue weighted by Gasteiger charge is 2.06. The number of nitrogens with one attached hydrogen (secondary N) is 2. The predicted octanol–water partition coefficient (Wildman–Crippen LogP) is 1.63. The molecule has 0 aromatic heterocycles. The Bertz CT molecular complexity index is 174. The molecule has 0 aromatic carbocycles. The molecule has 0 bridgehead atoms. The summed E-state index contributed by atoms with van der Waals surface area (Å²) in [5, 5.41) is 6.22. The fraction of sp³-hybridized carbons (Fsp3) is 0.909. The van der Waals surface area contributed by atoms with Crippen molar-refractivity contribution in [1.29, 1.82) is 0 Å². The SMILES string of the molecule is CCSCC(C)NC(=O)CCNC(C)C. The van der Waals surface area contributed by atoms with Gasteiger partial charge in [0.2, 0.25) is 5.91 Å². The summed E-state index contributed by atoms with van der Waals surface area (Å²) in [7, 11) is 0. The minimum absolute atomic E-state index is 0.146. The zero-order chi connectivity index (χ0) is 11.7. The molecule has 0 spiro atoms. The van der Waals surface area contributed by atoms with E-state index in [0.29, 0.717) is 12.5 Å². The molecule has 90 valence electrons. The van der Waals surface area contributed by atoms with Crippen molar-refractivity contribution in [3.8, 4) is 0 Å². The second kappa shape index (κ2) is 9.04. The van der Waals surface area contributed by atoms with Crippen molar-refractivity contribution in [3.05, 3.63) is 0 Å². The van der Waals surface area contributed by atoms with E-state index in [9.17, 15) is 4.79 Å². The predicted molar refractivity (Wildman–Crippen MR) is 68.4 cm³/mol. The van der Waals surface area contributed by atoms with Crippen LogP contribution >= 0.6 is 11.8 Å². The topological polar surface area (TPSA) is 41.1 Å². The van der Waals surface area contributed by atoms with Gasteiger partial charge in [0.25, 0.3) is 0 Å². The minimum atomic E-state index is 0.146. The summed E-state index contributed by atoms with van der Waals surface area (Å²) in [4.78, 5) is 11.4. The average Bonchev–Trinajstić information content (AvgIpc) is 2.14. The fourth-order valence-corrected chi connectivity index (χ4v) is 1.83. The van der Waals surface area contributed by atoms with Crippen LogP contribution in [-0.2, 0) is 4.79 Å². The lowest BCUT2D eigenvalue weighted by molar-refractivity contribution is -0.121. The average molecular weight is 232 g/mol. The van der Waals surface area contributed by atoms with E-state index in [1.165, 1.54) is 0 Å². The van der Waals surface area contributed by atoms with Gasteiger partial charge in [0.1, 0.15) is 0 Å². The number of carbonyl (C=O) groups excluding carboxylic acids is 1. The van der Waals surface area contributed by atoms with Crippen molar-refractivity contribution < 1.29 is 4.79 Å². The molecule has 1 amide bonds. The van der Waals surface area contributed by atoms with Gasteiger partial charge < -0.3 is 10.6 Å². The molecular weight excluding hydrogens is 208 g/mol. The van der Waals surface area contributed by atoms with E-state index >= 15 is 0 Å². The molecule has 0 saturated carbocycles. The highest BCUT2D eigenvalue weighted by Crippen LogP contribution is 2.01. The van der Waals surface area contributed by atoms with Gasteiger partial charge >= 0.3 is 0 Å². The molecule has 15 heavy (non-hydrogen) atoms. The molecule has 3 nitrogen and oxygen atoms in total. The number of rotatable bonds is 8. The Morgan fingerprint density at radius 1 is 1.33 bits per heavy atom. The summed E-state index contributed by atoms with van der Waals surface area (Å²) < 4.78 is 0. The molecule has 1 unspecified atom stereocenters. The van der Waals surface area contributed by atoms with Crippen LogP contribution in [0.25, 0.3) is 0 Å². The summed E-state index contributed by atoms with van der Waals surface area (Å²) in [6, 6.07) is 0.729. The molecule has 0 saturated heterocycles. The van der Waals surface area contributed by atoms with Crippen molar-refractivity contribution in [2.75, 3.05) is 18.1 Å². The summed E-state index contributed by atoms with van der Waals surface area (Å²) in [6.45, 7) is 9.11. The largest absolute Gasteiger partial charge is 0.353 e. The van der Waals surface area contributed by atoms with E-state index in [2.05, 4.69) is 38.3 Å². The van der Waals surface area contributed by atoms with E-state index in [0.717, 1.165) is 18.1 Å². The molecule has 0 aliphatic rings. The van der Waals surface area contributed by atoms with Gasteiger partial charge in [-0.2, -0.15) is 11.8 Å². The Kier molecular flexibility index (Phi) is 8.91. The number of hydrogen-bond donors (Lipinski definition) is 2. The third kappa shape index (κ3) is 10.1. The second-order valence-corrected chi connectivity index (χ2v) is 5.31. The number of thioether (sulfide) groups is 1. The zero-order valence-corrected chi connectivity index (χ0v) is 11.1. The molecular formula is C11H24N2OS. The van der Waals surface area contributed by atoms with Crippen molar-refractivity contribution in [2.45, 2.75) is 46.2 Å². The van der Waals surface area contributed by atoms with E-state index in [1.54, 1.807) is 0 Å². The minimum Gasteiger partial charge on any atom is -0.353 e. The lowest BCUT2D eigenvalue weighted by Crippen LogP contribution is -2.36. The maximum Gasteiger partial charge on any atom is 0.221 e. The van der Waals surface area contributed by atoms with Crippen molar-refractivity contribution in [1.82, 2.24) is 10.6 Å². The lowest BCUT2D eigenvalue weighted by Gasteiger charge is -2.13. The van der Waals surface area contributed by atoms with E-state index in [-0.39, 0.29) is 11.9 Å². The summed E-state index contributed by atoms with van der Waals surface area (Å²) >= 11 is 1.86. The van der Waals surface area contributed by atoms with Gasteiger partial charge in [-0.1, -0.05) is 20.8 Å². The first-order chi connectivity index (χ1) is 7.06. The van der Waals surface area contributed by atoms with E-state index in [1.807, 2.05) is 11.8 Å². The molecule has 4 heteroatoms. The first kappa shape index (κ1) is 14.8. The van der Waals surface area contributed by atoms with Crippen LogP contribution in [0.1, 0.15) is 34.1 Å².